The summed E-state index contributed by atoms with van der Waals surface area (Å²) in [6.45, 7) is 5.46. The van der Waals surface area contributed by atoms with Gasteiger partial charge in [-0.15, -0.1) is 0 Å². The van der Waals surface area contributed by atoms with Gasteiger partial charge in [0.2, 0.25) is 0 Å². The van der Waals surface area contributed by atoms with Gasteiger partial charge in [-0.1, -0.05) is 0 Å². The number of aliphatic hydroxyl groups excluding tert-OH is 1. The number of hydrogen-bond acceptors (Lipinski definition) is 6. The number of nitro groups is 1. The summed E-state index contributed by atoms with van der Waals surface area (Å²) in [6, 6.07) is 1.61. The number of carbonyl (C=O) groups is 1. The van der Waals surface area contributed by atoms with Crippen LogP contribution in [-0.4, -0.2) is 58.9 Å². The third-order valence-corrected chi connectivity index (χ3v) is 4.44. The Balaban J connectivity index is 2.25. The van der Waals surface area contributed by atoms with Crippen LogP contribution in [0.1, 0.15) is 20.8 Å². The highest BCUT2D eigenvalue weighted by molar-refractivity contribution is 9.10. The van der Waals surface area contributed by atoms with E-state index in [4.69, 9.17) is 4.74 Å². The molecule has 1 aliphatic heterocycles. The van der Waals surface area contributed by atoms with E-state index in [-0.39, 0.29) is 42.1 Å². The molecular formula is C16H21BrFN3O5. The molecule has 1 N–H and O–H groups in total. The number of nitrogens with zero attached hydrogens (tertiary/aromatic N) is 3. The Morgan fingerprint density at radius 3 is 2.65 bits per heavy atom. The molecule has 1 saturated heterocycles. The van der Waals surface area contributed by atoms with E-state index in [1.165, 1.54) is 9.80 Å². The van der Waals surface area contributed by atoms with Crippen molar-refractivity contribution in [2.75, 3.05) is 31.1 Å². The molecule has 1 aromatic rings. The van der Waals surface area contributed by atoms with Gasteiger partial charge in [0.1, 0.15) is 5.60 Å². The largest absolute Gasteiger partial charge is 0.444 e. The van der Waals surface area contributed by atoms with Crippen molar-refractivity contribution in [3.8, 4) is 0 Å². The first kappa shape index (κ1) is 20.4. The first-order chi connectivity index (χ1) is 12.0. The zero-order valence-electron chi connectivity index (χ0n) is 14.7. The van der Waals surface area contributed by atoms with Gasteiger partial charge < -0.3 is 19.6 Å². The number of nitro benzene ring substituents is 1. The van der Waals surface area contributed by atoms with Gasteiger partial charge in [0.15, 0.2) is 5.82 Å². The Labute approximate surface area is 158 Å². The maximum atomic E-state index is 14.5. The average Bonchev–Trinajstić information content (AvgIpc) is 2.55. The molecule has 0 bridgehead atoms. The number of rotatable bonds is 3. The van der Waals surface area contributed by atoms with Crippen LogP contribution < -0.4 is 4.90 Å². The Bertz CT molecular complexity index is 710. The van der Waals surface area contributed by atoms with Gasteiger partial charge in [0.05, 0.1) is 27.7 Å². The number of piperazine rings is 1. The van der Waals surface area contributed by atoms with Gasteiger partial charge >= 0.3 is 6.09 Å². The lowest BCUT2D eigenvalue weighted by atomic mass is 10.1. The summed E-state index contributed by atoms with van der Waals surface area (Å²) in [6.07, 6.45) is -0.517. The number of benzene rings is 1. The Morgan fingerprint density at radius 2 is 2.12 bits per heavy atom. The number of amides is 1. The second-order valence-electron chi connectivity index (χ2n) is 6.97. The van der Waals surface area contributed by atoms with Gasteiger partial charge in [-0.3, -0.25) is 10.1 Å². The van der Waals surface area contributed by atoms with E-state index >= 15 is 0 Å². The van der Waals surface area contributed by atoms with Crippen molar-refractivity contribution in [3.05, 3.63) is 32.5 Å². The number of carbonyl (C=O) groups excluding carboxylic acids is 1. The molecule has 0 aromatic heterocycles. The molecule has 1 aromatic carbocycles. The zero-order valence-corrected chi connectivity index (χ0v) is 16.3. The van der Waals surface area contributed by atoms with Crippen LogP contribution in [0, 0.1) is 15.9 Å². The summed E-state index contributed by atoms with van der Waals surface area (Å²) in [5.74, 6) is -0.653. The fourth-order valence-corrected chi connectivity index (χ4v) is 3.13. The summed E-state index contributed by atoms with van der Waals surface area (Å²) in [4.78, 5) is 25.6. The number of aliphatic hydroxyl groups is 1. The number of halogens is 2. The minimum atomic E-state index is -0.653. The summed E-state index contributed by atoms with van der Waals surface area (Å²) in [5, 5.41) is 20.8. The van der Waals surface area contributed by atoms with Crippen LogP contribution in [-0.2, 0) is 4.74 Å². The predicted molar refractivity (Wildman–Crippen MR) is 96.8 cm³/mol. The molecule has 1 fully saturated rings. The van der Waals surface area contributed by atoms with E-state index in [0.717, 1.165) is 12.1 Å². The Hall–Kier alpha value is -1.94. The van der Waals surface area contributed by atoms with Crippen LogP contribution in [0.15, 0.2) is 16.6 Å². The molecule has 0 spiro atoms. The van der Waals surface area contributed by atoms with Crippen molar-refractivity contribution < 1.29 is 24.0 Å². The van der Waals surface area contributed by atoms with Crippen LogP contribution in [0.4, 0.5) is 20.6 Å². The molecule has 1 unspecified atom stereocenters. The lowest BCUT2D eigenvalue weighted by Gasteiger charge is -2.42. The Morgan fingerprint density at radius 1 is 1.46 bits per heavy atom. The van der Waals surface area contributed by atoms with E-state index in [0.29, 0.717) is 0 Å². The molecular weight excluding hydrogens is 413 g/mol. The summed E-state index contributed by atoms with van der Waals surface area (Å²) in [5.41, 5.74) is -0.909. The molecule has 1 heterocycles. The average molecular weight is 434 g/mol. The van der Waals surface area contributed by atoms with Gasteiger partial charge in [0.25, 0.3) is 5.69 Å². The van der Waals surface area contributed by atoms with E-state index in [1.807, 2.05) is 0 Å². The molecule has 1 atom stereocenters. The maximum absolute atomic E-state index is 14.5. The lowest BCUT2D eigenvalue weighted by molar-refractivity contribution is -0.384. The third kappa shape index (κ3) is 4.61. The van der Waals surface area contributed by atoms with E-state index < -0.39 is 28.5 Å². The molecule has 0 saturated carbocycles. The van der Waals surface area contributed by atoms with Gasteiger partial charge in [0, 0.05) is 31.8 Å². The third-order valence-electron chi connectivity index (χ3n) is 3.86. The van der Waals surface area contributed by atoms with Crippen LogP contribution in [0.2, 0.25) is 0 Å². The van der Waals surface area contributed by atoms with Crippen molar-refractivity contribution >= 4 is 33.4 Å². The number of ether oxygens (including phenoxy) is 1. The zero-order chi connectivity index (χ0) is 19.6. The van der Waals surface area contributed by atoms with Crippen molar-refractivity contribution in [3.63, 3.8) is 0 Å². The summed E-state index contributed by atoms with van der Waals surface area (Å²) in [7, 11) is 0. The van der Waals surface area contributed by atoms with Crippen molar-refractivity contribution in [1.29, 1.82) is 0 Å². The molecule has 1 aliphatic rings. The standard InChI is InChI=1S/C16H21BrFN3O5/c1-16(2,3)26-15(23)19-4-5-20(11(8-19)9-22)13-7-10(21(24)25)6-12(17)14(13)18/h6-7,11,22H,4-5,8-9H2,1-3H3. The molecule has 0 aliphatic carbocycles. The highest BCUT2D eigenvalue weighted by Gasteiger charge is 2.34. The minimum absolute atomic E-state index is 0.00830. The Kier molecular flexibility index (Phi) is 6.07. The van der Waals surface area contributed by atoms with Crippen molar-refractivity contribution in [1.82, 2.24) is 4.90 Å². The van der Waals surface area contributed by atoms with Crippen LogP contribution in [0.3, 0.4) is 0 Å². The van der Waals surface area contributed by atoms with Gasteiger partial charge in [-0.25, -0.2) is 9.18 Å². The minimum Gasteiger partial charge on any atom is -0.444 e. The maximum Gasteiger partial charge on any atom is 0.410 e. The van der Waals surface area contributed by atoms with Crippen LogP contribution in [0.5, 0.6) is 0 Å². The number of hydrogen-bond donors (Lipinski definition) is 1. The molecule has 8 nitrogen and oxygen atoms in total. The lowest BCUT2D eigenvalue weighted by Crippen LogP contribution is -2.57. The number of anilines is 1. The highest BCUT2D eigenvalue weighted by atomic mass is 79.9. The molecule has 10 heteroatoms. The molecule has 26 heavy (non-hydrogen) atoms. The smallest absolute Gasteiger partial charge is 0.410 e. The first-order valence-electron chi connectivity index (χ1n) is 8.02. The van der Waals surface area contributed by atoms with E-state index in [2.05, 4.69) is 15.9 Å². The summed E-state index contributed by atoms with van der Waals surface area (Å²) < 4.78 is 19.8. The van der Waals surface area contributed by atoms with Crippen molar-refractivity contribution in [2.45, 2.75) is 32.4 Å². The van der Waals surface area contributed by atoms with Crippen molar-refractivity contribution in [2.24, 2.45) is 0 Å². The monoisotopic (exact) mass is 433 g/mol. The highest BCUT2D eigenvalue weighted by Crippen LogP contribution is 2.33. The van der Waals surface area contributed by atoms with Crippen LogP contribution >= 0.6 is 15.9 Å². The quantitative estimate of drug-likeness (QED) is 0.581. The second kappa shape index (κ2) is 7.75. The van der Waals surface area contributed by atoms with Crippen LogP contribution in [0.25, 0.3) is 0 Å². The number of non-ortho nitro benzene ring substituents is 1. The first-order valence-corrected chi connectivity index (χ1v) is 8.81. The second-order valence-corrected chi connectivity index (χ2v) is 7.83. The predicted octanol–water partition coefficient (Wildman–Crippen LogP) is 2.91. The van der Waals surface area contributed by atoms with E-state index in [1.54, 1.807) is 20.8 Å². The fourth-order valence-electron chi connectivity index (χ4n) is 2.70. The molecule has 0 radical (unpaired) electrons. The fraction of sp³-hybridized carbons (Fsp3) is 0.562. The normalized spacial score (nSPS) is 18.0. The molecule has 1 amide bonds. The SMILES string of the molecule is CC(C)(C)OC(=O)N1CCN(c2cc([N+](=O)[O-])cc(Br)c2F)C(CO)C1. The van der Waals surface area contributed by atoms with E-state index in [9.17, 15) is 24.4 Å². The topological polar surface area (TPSA) is 96.2 Å². The van der Waals surface area contributed by atoms with Gasteiger partial charge in [-0.2, -0.15) is 0 Å². The summed E-state index contributed by atoms with van der Waals surface area (Å²) >= 11 is 2.99. The molecule has 2 rings (SSSR count). The molecule has 144 valence electrons. The van der Waals surface area contributed by atoms with Gasteiger partial charge in [-0.05, 0) is 36.7 Å².